The maximum atomic E-state index is 4.53. The van der Waals surface area contributed by atoms with Crippen molar-refractivity contribution in [2.24, 2.45) is 0 Å². The average molecular weight is 318 g/mol. The van der Waals surface area contributed by atoms with Gasteiger partial charge in [0.2, 0.25) is 0 Å². The lowest BCUT2D eigenvalue weighted by molar-refractivity contribution is 0.651. The molecule has 122 valence electrons. The Morgan fingerprint density at radius 3 is 1.96 bits per heavy atom. The molecule has 2 heterocycles. The smallest absolute Gasteiger partial charge is 0.0753 e. The fourth-order valence-electron chi connectivity index (χ4n) is 3.23. The number of para-hydroxylation sites is 1. The first-order valence-electron chi connectivity index (χ1n) is 8.50. The van der Waals surface area contributed by atoms with Crippen molar-refractivity contribution in [2.45, 2.75) is 6.54 Å². The molecule has 0 saturated carbocycles. The quantitative estimate of drug-likeness (QED) is 0.738. The maximum Gasteiger partial charge on any atom is 0.0753 e. The minimum atomic E-state index is 0.824. The minimum Gasteiger partial charge on any atom is -0.368 e. The maximum absolute atomic E-state index is 4.53. The molecule has 1 aliphatic rings. The number of benzene rings is 2. The number of nitrogens with zero attached hydrogens (tertiary/aromatic N) is 4. The molecule has 0 atom stereocenters. The number of hydrogen-bond donors (Lipinski definition) is 0. The third kappa shape index (κ3) is 3.27. The topological polar surface area (TPSA) is 24.3 Å². The fraction of sp³-hybridized carbons (Fsp3) is 0.250. The zero-order valence-corrected chi connectivity index (χ0v) is 13.8. The van der Waals surface area contributed by atoms with Crippen LogP contribution in [-0.2, 0) is 6.54 Å². The van der Waals surface area contributed by atoms with Crippen molar-refractivity contribution in [1.29, 1.82) is 0 Å². The Kier molecular flexibility index (Phi) is 4.19. The number of rotatable bonds is 4. The Balaban J connectivity index is 1.38. The van der Waals surface area contributed by atoms with Crippen LogP contribution in [0.25, 0.3) is 0 Å². The summed E-state index contributed by atoms with van der Waals surface area (Å²) in [5.74, 6) is 0. The lowest BCUT2D eigenvalue weighted by atomic mass is 10.2. The summed E-state index contributed by atoms with van der Waals surface area (Å²) in [5, 5.41) is 4.53. The summed E-state index contributed by atoms with van der Waals surface area (Å²) < 4.78 is 2.02. The van der Waals surface area contributed by atoms with Gasteiger partial charge in [0.15, 0.2) is 0 Å². The van der Waals surface area contributed by atoms with Crippen molar-refractivity contribution in [3.05, 3.63) is 78.6 Å². The predicted molar refractivity (Wildman–Crippen MR) is 98.6 cm³/mol. The van der Waals surface area contributed by atoms with E-state index in [9.17, 15) is 0 Å². The SMILES string of the molecule is c1ccc(Cn2cc(N3CCN(c4ccccc4)CC3)cn2)cc1. The Morgan fingerprint density at radius 1 is 0.708 bits per heavy atom. The largest absolute Gasteiger partial charge is 0.368 e. The normalized spacial score (nSPS) is 14.8. The number of anilines is 2. The van der Waals surface area contributed by atoms with E-state index in [1.165, 1.54) is 16.9 Å². The van der Waals surface area contributed by atoms with Gasteiger partial charge in [0.05, 0.1) is 18.4 Å². The summed E-state index contributed by atoms with van der Waals surface area (Å²) in [6, 6.07) is 21.1. The van der Waals surface area contributed by atoms with Gasteiger partial charge in [-0.2, -0.15) is 5.10 Å². The van der Waals surface area contributed by atoms with E-state index in [1.54, 1.807) is 0 Å². The van der Waals surface area contributed by atoms with E-state index in [0.29, 0.717) is 0 Å². The summed E-state index contributed by atoms with van der Waals surface area (Å²) in [4.78, 5) is 4.87. The lowest BCUT2D eigenvalue weighted by Crippen LogP contribution is -2.46. The van der Waals surface area contributed by atoms with Crippen LogP contribution in [0.4, 0.5) is 11.4 Å². The molecule has 2 aromatic carbocycles. The highest BCUT2D eigenvalue weighted by Crippen LogP contribution is 2.20. The molecule has 0 unspecified atom stereocenters. The van der Waals surface area contributed by atoms with Crippen molar-refractivity contribution < 1.29 is 0 Å². The molecule has 0 amide bonds. The van der Waals surface area contributed by atoms with Crippen molar-refractivity contribution in [1.82, 2.24) is 9.78 Å². The standard InChI is InChI=1S/C20H22N4/c1-3-7-18(8-4-1)16-24-17-20(15-21-24)23-13-11-22(12-14-23)19-9-5-2-6-10-19/h1-10,15,17H,11-14,16H2. The summed E-state index contributed by atoms with van der Waals surface area (Å²) >= 11 is 0. The van der Waals surface area contributed by atoms with Gasteiger partial charge in [0.1, 0.15) is 0 Å². The average Bonchev–Trinajstić information content (AvgIpc) is 3.12. The molecule has 1 saturated heterocycles. The second kappa shape index (κ2) is 6.79. The van der Waals surface area contributed by atoms with Crippen LogP contribution < -0.4 is 9.80 Å². The van der Waals surface area contributed by atoms with Gasteiger partial charge in [-0.05, 0) is 17.7 Å². The summed E-state index contributed by atoms with van der Waals surface area (Å²) in [5.41, 5.74) is 3.82. The predicted octanol–water partition coefficient (Wildman–Crippen LogP) is 3.26. The highest BCUT2D eigenvalue weighted by Gasteiger charge is 2.18. The Hall–Kier alpha value is -2.75. The highest BCUT2D eigenvalue weighted by molar-refractivity contribution is 5.50. The molecule has 0 radical (unpaired) electrons. The molecule has 0 bridgehead atoms. The molecule has 1 fully saturated rings. The van der Waals surface area contributed by atoms with E-state index in [0.717, 1.165) is 32.7 Å². The van der Waals surface area contributed by atoms with Crippen molar-refractivity contribution in [2.75, 3.05) is 36.0 Å². The van der Waals surface area contributed by atoms with Gasteiger partial charge in [-0.15, -0.1) is 0 Å². The summed E-state index contributed by atoms with van der Waals surface area (Å²) in [6.07, 6.45) is 4.15. The number of piperazine rings is 1. The van der Waals surface area contributed by atoms with Gasteiger partial charge in [-0.1, -0.05) is 48.5 Å². The number of aromatic nitrogens is 2. The molecule has 1 aromatic heterocycles. The van der Waals surface area contributed by atoms with Crippen LogP contribution in [0.3, 0.4) is 0 Å². The molecule has 0 spiro atoms. The monoisotopic (exact) mass is 318 g/mol. The molecule has 4 nitrogen and oxygen atoms in total. The third-order valence-corrected chi connectivity index (χ3v) is 4.57. The summed E-state index contributed by atoms with van der Waals surface area (Å²) in [6.45, 7) is 4.99. The molecule has 1 aliphatic heterocycles. The molecular formula is C20H22N4. The van der Waals surface area contributed by atoms with E-state index in [2.05, 4.69) is 75.7 Å². The van der Waals surface area contributed by atoms with Gasteiger partial charge >= 0.3 is 0 Å². The molecule has 4 rings (SSSR count). The van der Waals surface area contributed by atoms with Gasteiger partial charge in [0.25, 0.3) is 0 Å². The van der Waals surface area contributed by atoms with E-state index in [1.807, 2.05) is 16.9 Å². The van der Waals surface area contributed by atoms with Crippen molar-refractivity contribution in [3.8, 4) is 0 Å². The molecule has 3 aromatic rings. The van der Waals surface area contributed by atoms with Crippen LogP contribution in [0.5, 0.6) is 0 Å². The third-order valence-electron chi connectivity index (χ3n) is 4.57. The first-order chi connectivity index (χ1) is 11.9. The van der Waals surface area contributed by atoms with Crippen molar-refractivity contribution >= 4 is 11.4 Å². The molecule has 24 heavy (non-hydrogen) atoms. The Morgan fingerprint density at radius 2 is 1.29 bits per heavy atom. The fourth-order valence-corrected chi connectivity index (χ4v) is 3.23. The first-order valence-corrected chi connectivity index (χ1v) is 8.50. The molecule has 4 heteroatoms. The second-order valence-electron chi connectivity index (χ2n) is 6.19. The van der Waals surface area contributed by atoms with Crippen molar-refractivity contribution in [3.63, 3.8) is 0 Å². The van der Waals surface area contributed by atoms with Crippen LogP contribution in [-0.4, -0.2) is 36.0 Å². The van der Waals surface area contributed by atoms with E-state index >= 15 is 0 Å². The van der Waals surface area contributed by atoms with Crippen LogP contribution in [0.2, 0.25) is 0 Å². The van der Waals surface area contributed by atoms with Crippen LogP contribution in [0.15, 0.2) is 73.1 Å². The minimum absolute atomic E-state index is 0.824. The van der Waals surface area contributed by atoms with E-state index < -0.39 is 0 Å². The zero-order chi connectivity index (χ0) is 16.2. The van der Waals surface area contributed by atoms with Gasteiger partial charge in [-0.25, -0.2) is 0 Å². The second-order valence-corrected chi connectivity index (χ2v) is 6.19. The van der Waals surface area contributed by atoms with Gasteiger partial charge in [0, 0.05) is 38.1 Å². The number of hydrogen-bond acceptors (Lipinski definition) is 3. The summed E-state index contributed by atoms with van der Waals surface area (Å²) in [7, 11) is 0. The molecular weight excluding hydrogens is 296 g/mol. The van der Waals surface area contributed by atoms with Crippen LogP contribution in [0, 0.1) is 0 Å². The molecule has 0 N–H and O–H groups in total. The Labute approximate surface area is 142 Å². The molecule has 0 aliphatic carbocycles. The van der Waals surface area contributed by atoms with Crippen LogP contribution in [0.1, 0.15) is 5.56 Å². The van der Waals surface area contributed by atoms with Gasteiger partial charge in [-0.3, -0.25) is 4.68 Å². The van der Waals surface area contributed by atoms with Gasteiger partial charge < -0.3 is 9.80 Å². The first kappa shape index (κ1) is 14.8. The van der Waals surface area contributed by atoms with E-state index in [-0.39, 0.29) is 0 Å². The lowest BCUT2D eigenvalue weighted by Gasteiger charge is -2.36. The van der Waals surface area contributed by atoms with Crippen LogP contribution >= 0.6 is 0 Å². The zero-order valence-electron chi connectivity index (χ0n) is 13.8. The Bertz CT molecular complexity index is 759. The van der Waals surface area contributed by atoms with E-state index in [4.69, 9.17) is 0 Å². The highest BCUT2D eigenvalue weighted by atomic mass is 15.3.